The molecule has 1 atom stereocenters. The molecule has 2 amide bonds. The molecule has 0 aliphatic heterocycles. The van der Waals surface area contributed by atoms with Crippen molar-refractivity contribution in [3.05, 3.63) is 77.2 Å². The lowest BCUT2D eigenvalue weighted by molar-refractivity contribution is -0.132. The third-order valence-corrected chi connectivity index (χ3v) is 6.23. The van der Waals surface area contributed by atoms with Gasteiger partial charge in [-0.05, 0) is 80.7 Å². The van der Waals surface area contributed by atoms with Gasteiger partial charge in [0.05, 0.1) is 5.69 Å². The van der Waals surface area contributed by atoms with Crippen molar-refractivity contribution in [2.45, 2.75) is 32.2 Å². The first-order chi connectivity index (χ1) is 16.4. The van der Waals surface area contributed by atoms with Gasteiger partial charge in [0.2, 0.25) is 5.91 Å². The summed E-state index contributed by atoms with van der Waals surface area (Å²) in [6.45, 7) is 2.49. The topological polar surface area (TPSA) is 78.1 Å². The molecule has 2 N–H and O–H groups in total. The summed E-state index contributed by atoms with van der Waals surface area (Å²) in [4.78, 5) is 27.5. The Morgan fingerprint density at radius 1 is 1.18 bits per heavy atom. The predicted molar refractivity (Wildman–Crippen MR) is 135 cm³/mol. The number of aryl methyl sites for hydroxylation is 2. The summed E-state index contributed by atoms with van der Waals surface area (Å²) < 4.78 is 13.1. The Morgan fingerprint density at radius 3 is 2.65 bits per heavy atom. The van der Waals surface area contributed by atoms with Gasteiger partial charge in [0.25, 0.3) is 5.91 Å². The van der Waals surface area contributed by atoms with Crippen LogP contribution in [0.4, 0.5) is 4.39 Å². The number of benzene rings is 2. The Balaban J connectivity index is 1.54. The molecule has 8 heteroatoms. The molecule has 3 aromatic rings. The number of carbonyl (C=O) groups is 2. The van der Waals surface area contributed by atoms with Crippen LogP contribution in [0.25, 0.3) is 11.3 Å². The lowest BCUT2D eigenvalue weighted by Crippen LogP contribution is -2.48. The highest BCUT2D eigenvalue weighted by Gasteiger charge is 2.24. The van der Waals surface area contributed by atoms with E-state index in [-0.39, 0.29) is 17.6 Å². The van der Waals surface area contributed by atoms with Crippen molar-refractivity contribution in [2.24, 2.45) is 0 Å². The van der Waals surface area contributed by atoms with Gasteiger partial charge in [0, 0.05) is 30.4 Å². The highest BCUT2D eigenvalue weighted by molar-refractivity contribution is 7.98. The summed E-state index contributed by atoms with van der Waals surface area (Å²) in [6.07, 6.45) is 4.02. The van der Waals surface area contributed by atoms with Gasteiger partial charge >= 0.3 is 0 Å². The van der Waals surface area contributed by atoms with Crippen molar-refractivity contribution in [3.8, 4) is 11.3 Å². The number of halogens is 1. The van der Waals surface area contributed by atoms with E-state index in [2.05, 4.69) is 15.5 Å². The van der Waals surface area contributed by atoms with Crippen LogP contribution in [-0.4, -0.2) is 58.6 Å². The Morgan fingerprint density at radius 2 is 1.94 bits per heavy atom. The first-order valence-electron chi connectivity index (χ1n) is 11.3. The van der Waals surface area contributed by atoms with Gasteiger partial charge in [-0.3, -0.25) is 14.7 Å². The van der Waals surface area contributed by atoms with E-state index in [0.717, 1.165) is 41.1 Å². The molecule has 1 heterocycles. The first-order valence-corrected chi connectivity index (χ1v) is 12.7. The van der Waals surface area contributed by atoms with E-state index in [1.807, 2.05) is 37.4 Å². The zero-order chi connectivity index (χ0) is 24.5. The van der Waals surface area contributed by atoms with Gasteiger partial charge in [-0.25, -0.2) is 4.39 Å². The number of H-pyrrole nitrogens is 1. The smallest absolute Gasteiger partial charge is 0.251 e. The summed E-state index contributed by atoms with van der Waals surface area (Å²) >= 11 is 1.65. The average molecular weight is 483 g/mol. The van der Waals surface area contributed by atoms with Crippen LogP contribution in [0.5, 0.6) is 0 Å². The number of nitrogens with one attached hydrogen (secondary N) is 2. The highest BCUT2D eigenvalue weighted by Crippen LogP contribution is 2.18. The number of aromatic amines is 1. The van der Waals surface area contributed by atoms with Crippen LogP contribution in [0, 0.1) is 12.7 Å². The lowest BCUT2D eigenvalue weighted by atomic mass is 10.1. The van der Waals surface area contributed by atoms with E-state index in [1.165, 1.54) is 12.1 Å². The molecule has 0 fully saturated rings. The second kappa shape index (κ2) is 12.4. The van der Waals surface area contributed by atoms with E-state index >= 15 is 0 Å². The Bertz CT molecular complexity index is 1100. The molecular weight excluding hydrogens is 451 g/mol. The van der Waals surface area contributed by atoms with E-state index in [4.69, 9.17) is 0 Å². The number of amides is 2. The minimum Gasteiger partial charge on any atom is -0.344 e. The molecule has 1 aromatic heterocycles. The zero-order valence-electron chi connectivity index (χ0n) is 19.8. The second-order valence-electron chi connectivity index (χ2n) is 8.33. The maximum atomic E-state index is 13.1. The fourth-order valence-electron chi connectivity index (χ4n) is 3.66. The van der Waals surface area contributed by atoms with E-state index in [1.54, 1.807) is 41.9 Å². The van der Waals surface area contributed by atoms with Crippen LogP contribution in [0.15, 0.2) is 54.6 Å². The van der Waals surface area contributed by atoms with Crippen LogP contribution in [0.2, 0.25) is 0 Å². The molecule has 0 aliphatic rings. The second-order valence-corrected chi connectivity index (χ2v) is 9.31. The van der Waals surface area contributed by atoms with Gasteiger partial charge in [-0.1, -0.05) is 17.7 Å². The highest BCUT2D eigenvalue weighted by atomic mass is 32.2. The predicted octanol–water partition coefficient (Wildman–Crippen LogP) is 4.47. The molecule has 0 bridgehead atoms. The monoisotopic (exact) mass is 482 g/mol. The van der Waals surface area contributed by atoms with E-state index in [9.17, 15) is 14.0 Å². The molecule has 34 heavy (non-hydrogen) atoms. The number of thioether (sulfide) groups is 1. The van der Waals surface area contributed by atoms with Crippen LogP contribution < -0.4 is 5.32 Å². The van der Waals surface area contributed by atoms with Crippen molar-refractivity contribution < 1.29 is 14.0 Å². The number of hydrogen-bond acceptors (Lipinski definition) is 4. The van der Waals surface area contributed by atoms with Gasteiger partial charge in [0.1, 0.15) is 11.9 Å². The van der Waals surface area contributed by atoms with Gasteiger partial charge in [-0.15, -0.1) is 0 Å². The Kier molecular flexibility index (Phi) is 9.27. The van der Waals surface area contributed by atoms with Crippen LogP contribution in [-0.2, 0) is 11.2 Å². The molecule has 6 nitrogen and oxygen atoms in total. The largest absolute Gasteiger partial charge is 0.344 e. The molecule has 180 valence electrons. The third-order valence-electron chi connectivity index (χ3n) is 5.58. The normalized spacial score (nSPS) is 11.8. The maximum Gasteiger partial charge on any atom is 0.251 e. The molecule has 0 radical (unpaired) electrons. The number of nitrogens with zero attached hydrogens (tertiary/aromatic N) is 2. The molecule has 0 saturated heterocycles. The molecule has 3 rings (SSSR count). The maximum absolute atomic E-state index is 13.1. The lowest BCUT2D eigenvalue weighted by Gasteiger charge is -2.24. The average Bonchev–Trinajstić information content (AvgIpc) is 3.30. The molecule has 0 spiro atoms. The van der Waals surface area contributed by atoms with Crippen molar-refractivity contribution >= 4 is 23.6 Å². The summed E-state index contributed by atoms with van der Waals surface area (Å²) in [5.41, 5.74) is 4.11. The van der Waals surface area contributed by atoms with Crippen molar-refractivity contribution in [3.63, 3.8) is 0 Å². The standard InChI is InChI=1S/C26H31FN4O2S/c1-18-6-4-7-20(16-18)25(32)28-23(13-15-34-3)26(33)31(2)14-5-8-22-17-24(30-29-22)19-9-11-21(27)12-10-19/h4,6-7,9-12,16-17,23H,5,8,13-15H2,1-3H3,(H,28,32)(H,29,30). The summed E-state index contributed by atoms with van der Waals surface area (Å²) in [6, 6.07) is 14.9. The minimum absolute atomic E-state index is 0.0911. The molecular formula is C26H31FN4O2S. The van der Waals surface area contributed by atoms with Crippen molar-refractivity contribution in [1.82, 2.24) is 20.4 Å². The number of aromatic nitrogens is 2. The van der Waals surface area contributed by atoms with Crippen LogP contribution in [0.1, 0.15) is 34.5 Å². The Labute approximate surface area is 204 Å². The fraction of sp³-hybridized carbons (Fsp3) is 0.346. The Hall–Kier alpha value is -3.13. The first kappa shape index (κ1) is 25.5. The molecule has 2 aromatic carbocycles. The van der Waals surface area contributed by atoms with Crippen LogP contribution >= 0.6 is 11.8 Å². The SMILES string of the molecule is CSCCC(NC(=O)c1cccc(C)c1)C(=O)N(C)CCCc1cc(-c2ccc(F)cc2)n[nH]1. The number of rotatable bonds is 11. The zero-order valence-corrected chi connectivity index (χ0v) is 20.6. The molecule has 0 saturated carbocycles. The van der Waals surface area contributed by atoms with E-state index in [0.29, 0.717) is 18.5 Å². The van der Waals surface area contributed by atoms with Crippen LogP contribution in [0.3, 0.4) is 0 Å². The summed E-state index contributed by atoms with van der Waals surface area (Å²) in [5, 5.41) is 10.2. The summed E-state index contributed by atoms with van der Waals surface area (Å²) in [7, 11) is 1.77. The number of likely N-dealkylation sites (N-methyl/N-ethyl adjacent to an activating group) is 1. The van der Waals surface area contributed by atoms with Crippen molar-refractivity contribution in [2.75, 3.05) is 25.6 Å². The fourth-order valence-corrected chi connectivity index (χ4v) is 4.13. The van der Waals surface area contributed by atoms with Gasteiger partial charge in [-0.2, -0.15) is 16.9 Å². The minimum atomic E-state index is -0.567. The quantitative estimate of drug-likeness (QED) is 0.423. The summed E-state index contributed by atoms with van der Waals surface area (Å²) in [5.74, 6) is 0.172. The van der Waals surface area contributed by atoms with E-state index < -0.39 is 6.04 Å². The molecule has 1 unspecified atom stereocenters. The third kappa shape index (κ3) is 7.18. The number of carbonyl (C=O) groups excluding carboxylic acids is 2. The van der Waals surface area contributed by atoms with Gasteiger partial charge in [0.15, 0.2) is 0 Å². The molecule has 0 aliphatic carbocycles. The number of hydrogen-bond donors (Lipinski definition) is 2. The van der Waals surface area contributed by atoms with Crippen molar-refractivity contribution in [1.29, 1.82) is 0 Å². The van der Waals surface area contributed by atoms with Gasteiger partial charge < -0.3 is 10.2 Å².